The van der Waals surface area contributed by atoms with E-state index in [0.717, 1.165) is 51.0 Å². The molecule has 0 saturated heterocycles. The summed E-state index contributed by atoms with van der Waals surface area (Å²) in [5.74, 6) is 0. The van der Waals surface area contributed by atoms with Crippen molar-refractivity contribution in [2.24, 2.45) is 0 Å². The van der Waals surface area contributed by atoms with Gasteiger partial charge in [-0.3, -0.25) is 0 Å². The lowest BCUT2D eigenvalue weighted by Crippen LogP contribution is -2.28. The molecule has 2 aromatic carbocycles. The first-order chi connectivity index (χ1) is 15.2. The molecule has 1 aliphatic heterocycles. The Labute approximate surface area is 187 Å². The molecule has 3 rings (SSSR count). The van der Waals surface area contributed by atoms with Crippen molar-refractivity contribution in [2.75, 3.05) is 53.6 Å². The lowest BCUT2D eigenvalue weighted by molar-refractivity contribution is -0.499. The van der Waals surface area contributed by atoms with Crippen molar-refractivity contribution in [3.8, 4) is 0 Å². The smallest absolute Gasteiger partial charge is 0.185 e. The van der Waals surface area contributed by atoms with Crippen molar-refractivity contribution < 1.29 is 14.0 Å². The third kappa shape index (κ3) is 6.86. The van der Waals surface area contributed by atoms with Gasteiger partial charge in [0.1, 0.15) is 13.6 Å². The molecule has 0 radical (unpaired) electrons. The van der Waals surface area contributed by atoms with E-state index < -0.39 is 0 Å². The van der Waals surface area contributed by atoms with Gasteiger partial charge in [0.15, 0.2) is 5.71 Å². The Morgan fingerprint density at radius 1 is 0.968 bits per heavy atom. The molecule has 4 heteroatoms. The number of nitrogens with one attached hydrogen (secondary N) is 1. The lowest BCUT2D eigenvalue weighted by Gasteiger charge is -2.16. The highest BCUT2D eigenvalue weighted by Gasteiger charge is 2.22. The Kier molecular flexibility index (Phi) is 9.47. The quantitative estimate of drug-likeness (QED) is 0.393. The van der Waals surface area contributed by atoms with Crippen LogP contribution in [0.2, 0.25) is 0 Å². The molecule has 0 bridgehead atoms. The second kappa shape index (κ2) is 12.6. The number of hydrogen-bond acceptors (Lipinski definition) is 3. The van der Waals surface area contributed by atoms with Crippen LogP contribution < -0.4 is 5.32 Å². The van der Waals surface area contributed by atoms with Crippen LogP contribution in [0, 0.1) is 0 Å². The van der Waals surface area contributed by atoms with Gasteiger partial charge in [0.2, 0.25) is 0 Å². The number of ether oxygens (including phenoxy) is 2. The van der Waals surface area contributed by atoms with E-state index >= 15 is 0 Å². The van der Waals surface area contributed by atoms with Crippen molar-refractivity contribution in [3.05, 3.63) is 77.4 Å². The van der Waals surface area contributed by atoms with E-state index in [9.17, 15) is 0 Å². The van der Waals surface area contributed by atoms with E-state index in [1.807, 2.05) is 7.05 Å². The number of hydrogen-bond donors (Lipinski definition) is 1. The number of benzene rings is 2. The van der Waals surface area contributed by atoms with Crippen LogP contribution in [0.5, 0.6) is 0 Å². The van der Waals surface area contributed by atoms with Crippen LogP contribution in [-0.4, -0.2) is 63.9 Å². The first-order valence-corrected chi connectivity index (χ1v) is 11.4. The lowest BCUT2D eigenvalue weighted by atomic mass is 9.95. The predicted octanol–water partition coefficient (Wildman–Crippen LogP) is 3.96. The highest BCUT2D eigenvalue weighted by molar-refractivity contribution is 5.98. The van der Waals surface area contributed by atoms with E-state index in [0.29, 0.717) is 19.8 Å². The summed E-state index contributed by atoms with van der Waals surface area (Å²) in [6.07, 6.45) is 3.92. The summed E-state index contributed by atoms with van der Waals surface area (Å²) >= 11 is 0. The Bertz CT molecular complexity index is 888. The molecule has 1 aliphatic rings. The van der Waals surface area contributed by atoms with Crippen LogP contribution >= 0.6 is 0 Å². The number of rotatable bonds is 13. The fraction of sp³-hybridized carbons (Fsp3) is 0.444. The topological polar surface area (TPSA) is 33.5 Å². The van der Waals surface area contributed by atoms with Crippen LogP contribution in [0.4, 0.5) is 0 Å². The van der Waals surface area contributed by atoms with Crippen molar-refractivity contribution >= 4 is 11.3 Å². The molecule has 4 nitrogen and oxygen atoms in total. The van der Waals surface area contributed by atoms with E-state index in [1.54, 1.807) is 0 Å². The summed E-state index contributed by atoms with van der Waals surface area (Å²) in [5, 5.41) is 3.21. The third-order valence-electron chi connectivity index (χ3n) is 5.95. The van der Waals surface area contributed by atoms with Crippen molar-refractivity contribution in [3.63, 3.8) is 0 Å². The molecule has 0 spiro atoms. The van der Waals surface area contributed by atoms with Crippen LogP contribution in [0.1, 0.15) is 35.1 Å². The van der Waals surface area contributed by atoms with Gasteiger partial charge < -0.3 is 14.8 Å². The van der Waals surface area contributed by atoms with Gasteiger partial charge in [-0.05, 0) is 54.8 Å². The Balaban J connectivity index is 1.32. The minimum absolute atomic E-state index is 0.621. The van der Waals surface area contributed by atoms with Crippen LogP contribution in [0.15, 0.2) is 55.1 Å². The van der Waals surface area contributed by atoms with E-state index in [1.165, 1.54) is 28.0 Å². The zero-order chi connectivity index (χ0) is 21.9. The fourth-order valence-electron chi connectivity index (χ4n) is 4.14. The highest BCUT2D eigenvalue weighted by atomic mass is 16.5. The normalized spacial score (nSPS) is 13.4. The van der Waals surface area contributed by atoms with Crippen molar-refractivity contribution in [1.29, 1.82) is 0 Å². The van der Waals surface area contributed by atoms with Crippen LogP contribution in [0.25, 0.3) is 5.57 Å². The standard InChI is InChI=1S/C27H37N2O2/c1-22(25-10-6-4-8-23(25)12-16-28-2)14-18-30-20-21-31-19-15-27-26-11-7-5-9-24(26)13-17-29(27)3/h4-11,28H,1,12-21H2,2-3H3/q+1. The van der Waals surface area contributed by atoms with Crippen molar-refractivity contribution in [1.82, 2.24) is 5.32 Å². The predicted molar refractivity (Wildman–Crippen MR) is 129 cm³/mol. The largest absolute Gasteiger partial charge is 0.379 e. The van der Waals surface area contributed by atoms with Crippen molar-refractivity contribution in [2.45, 2.75) is 25.7 Å². The Morgan fingerprint density at radius 2 is 1.71 bits per heavy atom. The maximum absolute atomic E-state index is 5.85. The van der Waals surface area contributed by atoms with Gasteiger partial charge in [0.25, 0.3) is 0 Å². The zero-order valence-electron chi connectivity index (χ0n) is 19.2. The molecule has 0 fully saturated rings. The number of nitrogens with zero attached hydrogens (tertiary/aromatic N) is 1. The van der Waals surface area contributed by atoms with E-state index in [4.69, 9.17) is 9.47 Å². The molecule has 166 valence electrons. The Hall–Kier alpha value is -2.27. The number of likely N-dealkylation sites (N-methyl/N-ethyl adjacent to an activating group) is 2. The second-order valence-electron chi connectivity index (χ2n) is 8.11. The molecule has 0 amide bonds. The highest BCUT2D eigenvalue weighted by Crippen LogP contribution is 2.21. The molecule has 0 atom stereocenters. The first kappa shape index (κ1) is 23.4. The minimum atomic E-state index is 0.621. The molecule has 31 heavy (non-hydrogen) atoms. The Morgan fingerprint density at radius 3 is 2.55 bits per heavy atom. The summed E-state index contributed by atoms with van der Waals surface area (Å²) in [6, 6.07) is 17.2. The second-order valence-corrected chi connectivity index (χ2v) is 8.11. The molecule has 1 heterocycles. The monoisotopic (exact) mass is 421 g/mol. The summed E-state index contributed by atoms with van der Waals surface area (Å²) in [6.45, 7) is 8.98. The summed E-state index contributed by atoms with van der Waals surface area (Å²) in [4.78, 5) is 0. The van der Waals surface area contributed by atoms with Gasteiger partial charge in [0.05, 0.1) is 32.8 Å². The van der Waals surface area contributed by atoms with Gasteiger partial charge in [-0.25, -0.2) is 4.58 Å². The molecular weight excluding hydrogens is 384 g/mol. The molecule has 0 aromatic heterocycles. The van der Waals surface area contributed by atoms with Gasteiger partial charge in [-0.2, -0.15) is 0 Å². The van der Waals surface area contributed by atoms with Gasteiger partial charge in [-0.1, -0.05) is 49.0 Å². The molecule has 0 aliphatic carbocycles. The van der Waals surface area contributed by atoms with Crippen LogP contribution in [0.3, 0.4) is 0 Å². The van der Waals surface area contributed by atoms with Gasteiger partial charge in [-0.15, -0.1) is 0 Å². The summed E-state index contributed by atoms with van der Waals surface area (Å²) in [5.41, 5.74) is 7.96. The third-order valence-corrected chi connectivity index (χ3v) is 5.95. The fourth-order valence-corrected chi connectivity index (χ4v) is 4.14. The minimum Gasteiger partial charge on any atom is -0.379 e. The summed E-state index contributed by atoms with van der Waals surface area (Å²) in [7, 11) is 4.16. The van der Waals surface area contributed by atoms with E-state index in [2.05, 4.69) is 72.0 Å². The maximum Gasteiger partial charge on any atom is 0.185 e. The first-order valence-electron chi connectivity index (χ1n) is 11.4. The number of fused-ring (bicyclic) bond motifs is 1. The summed E-state index contributed by atoms with van der Waals surface area (Å²) < 4.78 is 14.0. The SMILES string of the molecule is C=C(CCOCCOCCC1=[N+](C)CCc2ccccc21)c1ccccc1CCNC. The maximum atomic E-state index is 5.85. The molecule has 0 saturated carbocycles. The van der Waals surface area contributed by atoms with Crippen LogP contribution in [-0.2, 0) is 22.3 Å². The molecule has 2 aromatic rings. The molecular formula is C27H37N2O2+. The molecule has 0 unspecified atom stereocenters. The van der Waals surface area contributed by atoms with E-state index in [-0.39, 0.29) is 0 Å². The molecule has 1 N–H and O–H groups in total. The van der Waals surface area contributed by atoms with Gasteiger partial charge >= 0.3 is 0 Å². The van der Waals surface area contributed by atoms with Gasteiger partial charge in [0, 0.05) is 12.0 Å². The zero-order valence-corrected chi connectivity index (χ0v) is 19.2. The average Bonchev–Trinajstić information content (AvgIpc) is 2.80. The average molecular weight is 422 g/mol.